The summed E-state index contributed by atoms with van der Waals surface area (Å²) in [7, 11) is 0. The molecular weight excluding hydrogens is 408 g/mol. The first-order chi connectivity index (χ1) is 16.2. The number of H-pyrrole nitrogens is 1. The molecule has 1 atom stereocenters. The molecule has 1 aliphatic rings. The highest BCUT2D eigenvalue weighted by Crippen LogP contribution is 2.29. The standard InChI is InChI=1S/C28H30N4O/c29-25(19-23-20-30-26-14-8-7-13-24(23)26)28(33)32-17-15-31(16-18-32)27(21-9-3-1-4-10-21)22-11-5-2-6-12-22/h1-14,20,25,27,30H,15-19,29H2. The van der Waals surface area contributed by atoms with Gasteiger partial charge in [0, 0.05) is 43.3 Å². The Morgan fingerprint density at radius 2 is 1.39 bits per heavy atom. The van der Waals surface area contributed by atoms with Crippen molar-refractivity contribution in [1.29, 1.82) is 0 Å². The Bertz CT molecular complexity index is 1160. The number of hydrogen-bond acceptors (Lipinski definition) is 3. The van der Waals surface area contributed by atoms with Crippen LogP contribution in [-0.4, -0.2) is 52.9 Å². The highest BCUT2D eigenvalue weighted by molar-refractivity contribution is 5.86. The predicted octanol–water partition coefficient (Wildman–Crippen LogP) is 3.97. The number of nitrogens with one attached hydrogen (secondary N) is 1. The van der Waals surface area contributed by atoms with Crippen molar-refractivity contribution in [2.75, 3.05) is 26.2 Å². The number of carbonyl (C=O) groups is 1. The van der Waals surface area contributed by atoms with Crippen molar-refractivity contribution in [3.63, 3.8) is 0 Å². The fraction of sp³-hybridized carbons (Fsp3) is 0.250. The zero-order valence-electron chi connectivity index (χ0n) is 18.7. The van der Waals surface area contributed by atoms with Gasteiger partial charge in [0.25, 0.3) is 0 Å². The molecule has 5 heteroatoms. The number of hydrogen-bond donors (Lipinski definition) is 2. The van der Waals surface area contributed by atoms with Crippen LogP contribution in [0.1, 0.15) is 22.7 Å². The largest absolute Gasteiger partial charge is 0.361 e. The number of aromatic nitrogens is 1. The first-order valence-electron chi connectivity index (χ1n) is 11.6. The van der Waals surface area contributed by atoms with Crippen LogP contribution < -0.4 is 5.73 Å². The molecule has 1 aromatic heterocycles. The van der Waals surface area contributed by atoms with E-state index in [1.54, 1.807) is 0 Å². The SMILES string of the molecule is NC(Cc1c[nH]c2ccccc12)C(=O)N1CCN(C(c2ccccc2)c2ccccc2)CC1. The monoisotopic (exact) mass is 438 g/mol. The lowest BCUT2D eigenvalue weighted by molar-refractivity contribution is -0.134. The molecule has 1 unspecified atom stereocenters. The van der Waals surface area contributed by atoms with Crippen LogP contribution in [0.25, 0.3) is 10.9 Å². The Morgan fingerprint density at radius 1 is 0.818 bits per heavy atom. The average Bonchev–Trinajstić information content (AvgIpc) is 3.28. The zero-order valence-corrected chi connectivity index (χ0v) is 18.7. The van der Waals surface area contributed by atoms with Crippen molar-refractivity contribution in [2.24, 2.45) is 5.73 Å². The molecule has 0 spiro atoms. The van der Waals surface area contributed by atoms with E-state index in [1.165, 1.54) is 11.1 Å². The third-order valence-corrected chi connectivity index (χ3v) is 6.65. The summed E-state index contributed by atoms with van der Waals surface area (Å²) in [5, 5.41) is 1.14. The second-order valence-corrected chi connectivity index (χ2v) is 8.76. The van der Waals surface area contributed by atoms with E-state index < -0.39 is 6.04 Å². The Morgan fingerprint density at radius 3 is 2.03 bits per heavy atom. The lowest BCUT2D eigenvalue weighted by Gasteiger charge is -2.40. The van der Waals surface area contributed by atoms with Crippen LogP contribution in [0.15, 0.2) is 91.1 Å². The molecule has 0 aliphatic carbocycles. The number of piperazine rings is 1. The fourth-order valence-electron chi connectivity index (χ4n) is 4.94. The summed E-state index contributed by atoms with van der Waals surface area (Å²) >= 11 is 0. The summed E-state index contributed by atoms with van der Waals surface area (Å²) in [5.74, 6) is 0.0379. The number of fused-ring (bicyclic) bond motifs is 1. The van der Waals surface area contributed by atoms with Crippen LogP contribution in [-0.2, 0) is 11.2 Å². The van der Waals surface area contributed by atoms with E-state index >= 15 is 0 Å². The van der Waals surface area contributed by atoms with Gasteiger partial charge >= 0.3 is 0 Å². The van der Waals surface area contributed by atoms with E-state index in [4.69, 9.17) is 5.73 Å². The molecule has 1 amide bonds. The molecule has 3 aromatic carbocycles. The smallest absolute Gasteiger partial charge is 0.239 e. The maximum atomic E-state index is 13.1. The van der Waals surface area contributed by atoms with Crippen molar-refractivity contribution in [1.82, 2.24) is 14.8 Å². The Balaban J connectivity index is 1.26. The van der Waals surface area contributed by atoms with Gasteiger partial charge in [0.1, 0.15) is 0 Å². The molecule has 4 aromatic rings. The molecule has 0 saturated carbocycles. The van der Waals surface area contributed by atoms with Gasteiger partial charge in [-0.3, -0.25) is 9.69 Å². The maximum absolute atomic E-state index is 13.1. The van der Waals surface area contributed by atoms with Gasteiger partial charge in [0.15, 0.2) is 0 Å². The summed E-state index contributed by atoms with van der Waals surface area (Å²) in [5.41, 5.74) is 11.1. The summed E-state index contributed by atoms with van der Waals surface area (Å²) in [6.45, 7) is 3.02. The summed E-state index contributed by atoms with van der Waals surface area (Å²) in [6, 6.07) is 29.0. The molecule has 33 heavy (non-hydrogen) atoms. The number of nitrogens with zero attached hydrogens (tertiary/aromatic N) is 2. The van der Waals surface area contributed by atoms with Crippen molar-refractivity contribution >= 4 is 16.8 Å². The highest BCUT2D eigenvalue weighted by atomic mass is 16.2. The van der Waals surface area contributed by atoms with Gasteiger partial charge in [0.05, 0.1) is 12.1 Å². The van der Waals surface area contributed by atoms with E-state index in [-0.39, 0.29) is 11.9 Å². The number of para-hydroxylation sites is 1. The van der Waals surface area contributed by atoms with E-state index in [0.29, 0.717) is 19.5 Å². The topological polar surface area (TPSA) is 65.4 Å². The van der Waals surface area contributed by atoms with E-state index in [2.05, 4.69) is 76.6 Å². The van der Waals surface area contributed by atoms with Gasteiger partial charge in [-0.25, -0.2) is 0 Å². The van der Waals surface area contributed by atoms with Crippen LogP contribution in [0.4, 0.5) is 0 Å². The second-order valence-electron chi connectivity index (χ2n) is 8.76. The molecule has 1 fully saturated rings. The highest BCUT2D eigenvalue weighted by Gasteiger charge is 2.30. The van der Waals surface area contributed by atoms with Gasteiger partial charge in [-0.05, 0) is 29.2 Å². The van der Waals surface area contributed by atoms with E-state index in [1.807, 2.05) is 29.3 Å². The second kappa shape index (κ2) is 9.61. The van der Waals surface area contributed by atoms with Crippen LogP contribution in [0.2, 0.25) is 0 Å². The Hall–Kier alpha value is -3.41. The molecule has 0 radical (unpaired) electrons. The van der Waals surface area contributed by atoms with Crippen LogP contribution in [0.3, 0.4) is 0 Å². The Labute approximate surface area is 194 Å². The fourth-order valence-corrected chi connectivity index (χ4v) is 4.94. The lowest BCUT2D eigenvalue weighted by atomic mass is 9.96. The quantitative estimate of drug-likeness (QED) is 0.479. The van der Waals surface area contributed by atoms with Gasteiger partial charge in [0.2, 0.25) is 5.91 Å². The first kappa shape index (κ1) is 21.4. The van der Waals surface area contributed by atoms with Gasteiger partial charge in [-0.2, -0.15) is 0 Å². The van der Waals surface area contributed by atoms with Crippen molar-refractivity contribution in [3.05, 3.63) is 108 Å². The molecule has 1 aliphatic heterocycles. The van der Waals surface area contributed by atoms with E-state index in [9.17, 15) is 4.79 Å². The summed E-state index contributed by atoms with van der Waals surface area (Å²) < 4.78 is 0. The number of benzene rings is 3. The number of carbonyl (C=O) groups excluding carboxylic acids is 1. The average molecular weight is 439 g/mol. The molecule has 0 bridgehead atoms. The van der Waals surface area contributed by atoms with Crippen molar-refractivity contribution < 1.29 is 4.79 Å². The molecular formula is C28H30N4O. The van der Waals surface area contributed by atoms with E-state index in [0.717, 1.165) is 29.6 Å². The van der Waals surface area contributed by atoms with Crippen LogP contribution in [0.5, 0.6) is 0 Å². The van der Waals surface area contributed by atoms with Gasteiger partial charge in [-0.1, -0.05) is 78.9 Å². The van der Waals surface area contributed by atoms with Crippen LogP contribution >= 0.6 is 0 Å². The van der Waals surface area contributed by atoms with Crippen molar-refractivity contribution in [3.8, 4) is 0 Å². The number of rotatable bonds is 6. The molecule has 1 saturated heterocycles. The molecule has 2 heterocycles. The normalized spacial score (nSPS) is 15.8. The van der Waals surface area contributed by atoms with Gasteiger partial charge < -0.3 is 15.6 Å². The van der Waals surface area contributed by atoms with Gasteiger partial charge in [-0.15, -0.1) is 0 Å². The molecule has 5 rings (SSSR count). The molecule has 3 N–H and O–H groups in total. The first-order valence-corrected chi connectivity index (χ1v) is 11.6. The van der Waals surface area contributed by atoms with Crippen molar-refractivity contribution in [2.45, 2.75) is 18.5 Å². The lowest BCUT2D eigenvalue weighted by Crippen LogP contribution is -2.54. The third-order valence-electron chi connectivity index (χ3n) is 6.65. The third kappa shape index (κ3) is 4.56. The molecule has 168 valence electrons. The summed E-state index contributed by atoms with van der Waals surface area (Å²) in [6.07, 6.45) is 2.51. The zero-order chi connectivity index (χ0) is 22.6. The minimum atomic E-state index is -0.533. The molecule has 5 nitrogen and oxygen atoms in total. The predicted molar refractivity (Wildman–Crippen MR) is 133 cm³/mol. The Kier molecular flexibility index (Phi) is 6.24. The minimum Gasteiger partial charge on any atom is -0.361 e. The van der Waals surface area contributed by atoms with Crippen LogP contribution in [0, 0.1) is 0 Å². The number of aromatic amines is 1. The number of amides is 1. The number of nitrogens with two attached hydrogens (primary N) is 1. The maximum Gasteiger partial charge on any atom is 0.239 e. The summed E-state index contributed by atoms with van der Waals surface area (Å²) in [4.78, 5) is 20.8. The minimum absolute atomic E-state index is 0.0379.